The number of hydrogen-bond donors (Lipinski definition) is 2. The fourth-order valence-electron chi connectivity index (χ4n) is 4.54. The molecule has 270 valence electrons. The Kier molecular flexibility index (Phi) is 15.4. The second-order valence-electron chi connectivity index (χ2n) is 10.5. The summed E-state index contributed by atoms with van der Waals surface area (Å²) in [5.41, 5.74) is -1.66. The van der Waals surface area contributed by atoms with E-state index in [2.05, 4.69) is 41.0 Å². The smallest absolute Gasteiger partial charge is 0.870 e. The average molecular weight is 739 g/mol. The number of carbonyl (C=O) groups excluding carboxylic acids is 4. The van der Waals surface area contributed by atoms with Gasteiger partial charge in [0.1, 0.15) is 29.9 Å². The Balaban J connectivity index is 0.00000271. The van der Waals surface area contributed by atoms with E-state index < -0.39 is 40.7 Å². The van der Waals surface area contributed by atoms with Crippen LogP contribution >= 0.6 is 0 Å². The third-order valence-corrected chi connectivity index (χ3v) is 7.08. The predicted molar refractivity (Wildman–Crippen MR) is 174 cm³/mol. The van der Waals surface area contributed by atoms with Crippen LogP contribution in [0.25, 0.3) is 11.6 Å². The molecule has 0 bridgehead atoms. The molecule has 0 atom stereocenters. The summed E-state index contributed by atoms with van der Waals surface area (Å²) in [5, 5.41) is 31.9. The molecule has 4 heterocycles. The van der Waals surface area contributed by atoms with Crippen LogP contribution in [0.15, 0.2) is 86.0 Å². The van der Waals surface area contributed by atoms with Gasteiger partial charge >= 0.3 is 37.7 Å². The van der Waals surface area contributed by atoms with Gasteiger partial charge in [0, 0.05) is 42.8 Å². The van der Waals surface area contributed by atoms with Gasteiger partial charge in [0.05, 0.1) is 31.2 Å². The van der Waals surface area contributed by atoms with E-state index in [0.717, 1.165) is 18.2 Å². The van der Waals surface area contributed by atoms with Crippen molar-refractivity contribution in [2.75, 3.05) is 23.8 Å². The van der Waals surface area contributed by atoms with Gasteiger partial charge in [-0.25, -0.2) is 18.7 Å². The van der Waals surface area contributed by atoms with Crippen LogP contribution in [-0.2, 0) is 4.79 Å². The molecule has 3 N–H and O–H groups in total. The van der Waals surface area contributed by atoms with Gasteiger partial charge in [-0.2, -0.15) is 0 Å². The first-order valence-corrected chi connectivity index (χ1v) is 15.0. The first kappa shape index (κ1) is 43.1. The topological polar surface area (TPSA) is 251 Å². The Morgan fingerprint density at radius 1 is 0.727 bits per heavy atom. The maximum absolute atomic E-state index is 14.9. The van der Waals surface area contributed by atoms with Gasteiger partial charge in [-0.15, -0.1) is 32.0 Å². The first-order chi connectivity index (χ1) is 25.2. The summed E-state index contributed by atoms with van der Waals surface area (Å²) < 4.78 is 43.6. The minimum atomic E-state index is -1.76. The average Bonchev–Trinajstić information content (AvgIpc) is 3.89. The molecule has 2 aromatic carbocycles. The number of amides is 2. The van der Waals surface area contributed by atoms with E-state index in [1.54, 1.807) is 34.0 Å². The van der Waals surface area contributed by atoms with Crippen molar-refractivity contribution in [1.29, 1.82) is 0 Å². The second-order valence-corrected chi connectivity index (χ2v) is 10.5. The van der Waals surface area contributed by atoms with Crippen LogP contribution in [0.5, 0.6) is 11.5 Å². The minimum Gasteiger partial charge on any atom is -0.870 e. The van der Waals surface area contributed by atoms with Crippen molar-refractivity contribution < 1.29 is 85.7 Å². The SMILES string of the molecule is O=[C-]c1cc(OCCCOc2cc(NC(=O)c3ccc(-n4ccnc4)nn3)c(C(=O)[O-])cc2F)c(F)cc1NC(=O)c1ccc(-n2ccnc2)nn1.[Li+].[Li+].[OH-]. The predicted octanol–water partition coefficient (Wildman–Crippen LogP) is -4.08. The van der Waals surface area contributed by atoms with Crippen LogP contribution < -0.4 is 62.9 Å². The fraction of sp³-hybridized carbons (Fsp3) is 0.0909. The van der Waals surface area contributed by atoms with Crippen molar-refractivity contribution in [3.8, 4) is 23.1 Å². The molecule has 0 aliphatic carbocycles. The number of aromatic nitrogens is 8. The van der Waals surface area contributed by atoms with E-state index in [9.17, 15) is 33.1 Å². The molecule has 0 aliphatic heterocycles. The van der Waals surface area contributed by atoms with Crippen molar-refractivity contribution >= 4 is 35.4 Å². The summed E-state index contributed by atoms with van der Waals surface area (Å²) in [6, 6.07) is 9.24. The molecule has 6 aromatic rings. The molecule has 55 heavy (non-hydrogen) atoms. The van der Waals surface area contributed by atoms with Crippen LogP contribution in [-0.4, -0.2) is 82.3 Å². The minimum absolute atomic E-state index is 0. The Morgan fingerprint density at radius 2 is 1.24 bits per heavy atom. The second kappa shape index (κ2) is 19.7. The van der Waals surface area contributed by atoms with Gasteiger partial charge in [0.15, 0.2) is 28.9 Å². The van der Waals surface area contributed by atoms with E-state index in [-0.39, 0.29) is 96.9 Å². The summed E-state index contributed by atoms with van der Waals surface area (Å²) in [6.45, 7) is -0.366. The Morgan fingerprint density at radius 3 is 1.69 bits per heavy atom. The largest absolute Gasteiger partial charge is 1.00 e. The van der Waals surface area contributed by atoms with Crippen LogP contribution in [0.1, 0.15) is 43.3 Å². The van der Waals surface area contributed by atoms with Crippen LogP contribution in [0.4, 0.5) is 20.2 Å². The van der Waals surface area contributed by atoms with Crippen molar-refractivity contribution in [3.63, 3.8) is 0 Å². The quantitative estimate of drug-likeness (QED) is 0.0613. The van der Waals surface area contributed by atoms with E-state index in [1.807, 2.05) is 0 Å². The molecule has 0 radical (unpaired) electrons. The number of ether oxygens (including phenoxy) is 2. The van der Waals surface area contributed by atoms with E-state index >= 15 is 0 Å². The number of anilines is 2. The summed E-state index contributed by atoms with van der Waals surface area (Å²) in [6.07, 6.45) is 11.0. The number of carbonyl (C=O) groups is 3. The summed E-state index contributed by atoms with van der Waals surface area (Å²) >= 11 is 0. The van der Waals surface area contributed by atoms with Crippen LogP contribution in [0.3, 0.4) is 0 Å². The van der Waals surface area contributed by atoms with Gasteiger partial charge in [-0.05, 0) is 30.3 Å². The Bertz CT molecular complexity index is 2250. The van der Waals surface area contributed by atoms with Gasteiger partial charge in [0.2, 0.25) is 0 Å². The number of carboxylic acid groups (broad SMARTS) is 1. The number of rotatable bonds is 14. The Hall–Kier alpha value is -6.29. The van der Waals surface area contributed by atoms with Gasteiger partial charge in [0.25, 0.3) is 11.8 Å². The van der Waals surface area contributed by atoms with Crippen molar-refractivity contribution in [2.24, 2.45) is 0 Å². The molecule has 6 rings (SSSR count). The van der Waals surface area contributed by atoms with Crippen molar-refractivity contribution in [2.45, 2.75) is 6.42 Å². The van der Waals surface area contributed by atoms with Crippen molar-refractivity contribution in [1.82, 2.24) is 39.5 Å². The monoisotopic (exact) mass is 739 g/mol. The first-order valence-electron chi connectivity index (χ1n) is 15.0. The summed E-state index contributed by atoms with van der Waals surface area (Å²) in [7, 11) is 0. The molecule has 0 aliphatic rings. The molecule has 22 heteroatoms. The number of halogens is 2. The van der Waals surface area contributed by atoms with E-state index in [0.29, 0.717) is 17.7 Å². The number of nitrogens with zero attached hydrogens (tertiary/aromatic N) is 8. The molecular formula is C33H23F2Li2N10O8-. The van der Waals surface area contributed by atoms with Crippen LogP contribution in [0.2, 0.25) is 0 Å². The summed E-state index contributed by atoms with van der Waals surface area (Å²) in [4.78, 5) is 56.6. The van der Waals surface area contributed by atoms with Gasteiger partial charge in [-0.3, -0.25) is 18.7 Å². The molecule has 18 nitrogen and oxygen atoms in total. The molecule has 4 aromatic heterocycles. The molecular weight excluding hydrogens is 716 g/mol. The molecule has 0 fully saturated rings. The zero-order chi connectivity index (χ0) is 36.6. The fourth-order valence-corrected chi connectivity index (χ4v) is 4.54. The maximum atomic E-state index is 14.9. The molecule has 0 saturated carbocycles. The molecule has 0 saturated heterocycles. The zero-order valence-corrected chi connectivity index (χ0v) is 28.8. The number of carboxylic acids is 1. The van der Waals surface area contributed by atoms with Crippen LogP contribution in [0, 0.1) is 11.6 Å². The third-order valence-electron chi connectivity index (χ3n) is 7.08. The Labute approximate surface area is 333 Å². The molecule has 0 spiro atoms. The molecule has 2 amide bonds. The van der Waals surface area contributed by atoms with Crippen molar-refractivity contribution in [3.05, 3.63) is 120 Å². The summed E-state index contributed by atoms with van der Waals surface area (Å²) in [5.74, 6) is -5.30. The number of aromatic carboxylic acids is 1. The molecule has 0 unspecified atom stereocenters. The van der Waals surface area contributed by atoms with E-state index in [1.165, 1.54) is 43.1 Å². The number of benzene rings is 2. The van der Waals surface area contributed by atoms with E-state index in [4.69, 9.17) is 9.47 Å². The zero-order valence-electron chi connectivity index (χ0n) is 28.8. The third kappa shape index (κ3) is 10.4. The van der Waals surface area contributed by atoms with Gasteiger partial charge in [-0.1, -0.05) is 11.8 Å². The van der Waals surface area contributed by atoms with Gasteiger partial charge < -0.3 is 40.3 Å². The normalized spacial score (nSPS) is 10.1. The standard InChI is InChI=1S/C33H23F2N10O7.2Li.H2O/c34-21-13-20(33(49)50)26(39-32(48)24-3-5-30(43-41-24)45-9-7-37-18-45)15-28(21)52-11-1-10-51-27-12-19(16-46)25(14-22(27)35)38-31(47)23-2-4-29(42-40-23)44-8-6-36-17-44;;;/h2-9,12-15,17-18H,1,10-11H2,(H,38,47)(H,39,48)(H,49,50);;;1H2/q-1;2*+1;/p-2. The number of imidazole rings is 2. The maximum Gasteiger partial charge on any atom is 1.00 e. The number of hydrogen-bond acceptors (Lipinski definition) is 14. The number of nitrogens with one attached hydrogen (secondary N) is 2.